The average Bonchev–Trinajstić information content (AvgIpc) is 2.77. The zero-order valence-corrected chi connectivity index (χ0v) is 9.37. The third kappa shape index (κ3) is 2.60. The molecule has 6 nitrogen and oxygen atoms in total. The van der Waals surface area contributed by atoms with Gasteiger partial charge in [-0.15, -0.1) is 16.8 Å². The number of nitrogens with one attached hydrogen (secondary N) is 1. The molecule has 0 aliphatic carbocycles. The van der Waals surface area contributed by atoms with Crippen molar-refractivity contribution in [2.45, 2.75) is 6.54 Å². The lowest BCUT2D eigenvalue weighted by molar-refractivity contribution is 0.867. The van der Waals surface area contributed by atoms with Crippen molar-refractivity contribution in [3.05, 3.63) is 42.9 Å². The highest BCUT2D eigenvalue weighted by atomic mass is 15.3. The molecule has 2 heterocycles. The molecule has 0 saturated carbocycles. The van der Waals surface area contributed by atoms with Gasteiger partial charge in [-0.1, -0.05) is 12.1 Å². The topological polar surface area (TPSA) is 80.6 Å². The Morgan fingerprint density at radius 1 is 1.53 bits per heavy atom. The first-order valence-corrected chi connectivity index (χ1v) is 5.24. The standard InChI is InChI=1S/C11H14N6/c1-2-6-13-11(12)14-8-10-16-15-9-5-3-4-7-17(9)10/h2-5,7H,1,6,8H2,(H3,12,13,14). The normalized spacial score (nSPS) is 11.6. The maximum absolute atomic E-state index is 5.65. The number of aliphatic imine (C=N–C) groups is 1. The number of nitrogens with two attached hydrogens (primary N) is 1. The fourth-order valence-corrected chi connectivity index (χ4v) is 1.39. The van der Waals surface area contributed by atoms with Gasteiger partial charge in [0, 0.05) is 12.7 Å². The monoisotopic (exact) mass is 230 g/mol. The molecule has 0 spiro atoms. The minimum Gasteiger partial charge on any atom is -0.370 e. The summed E-state index contributed by atoms with van der Waals surface area (Å²) in [5.74, 6) is 1.13. The molecule has 0 atom stereocenters. The number of hydrogen-bond donors (Lipinski definition) is 2. The first-order valence-electron chi connectivity index (χ1n) is 5.24. The third-order valence-electron chi connectivity index (χ3n) is 2.20. The number of rotatable bonds is 4. The van der Waals surface area contributed by atoms with Crippen molar-refractivity contribution in [1.82, 2.24) is 19.9 Å². The molecule has 0 aliphatic rings. The van der Waals surface area contributed by atoms with Gasteiger partial charge in [0.15, 0.2) is 17.4 Å². The summed E-state index contributed by atoms with van der Waals surface area (Å²) in [5.41, 5.74) is 6.46. The quantitative estimate of drug-likeness (QED) is 0.450. The second kappa shape index (κ2) is 5.11. The second-order valence-electron chi connectivity index (χ2n) is 3.42. The summed E-state index contributed by atoms with van der Waals surface area (Å²) in [7, 11) is 0. The van der Waals surface area contributed by atoms with Crippen LogP contribution in [0.15, 0.2) is 42.0 Å². The highest BCUT2D eigenvalue weighted by Crippen LogP contribution is 2.03. The molecule has 0 radical (unpaired) electrons. The predicted octanol–water partition coefficient (Wildman–Crippen LogP) is 0.320. The van der Waals surface area contributed by atoms with Crippen LogP contribution in [0.1, 0.15) is 5.82 Å². The SMILES string of the molecule is C=CCNC(N)=NCc1nnc2ccccn12. The van der Waals surface area contributed by atoms with Crippen LogP contribution in [-0.4, -0.2) is 27.1 Å². The second-order valence-corrected chi connectivity index (χ2v) is 3.42. The summed E-state index contributed by atoms with van der Waals surface area (Å²) in [5, 5.41) is 11.0. The number of nitrogens with zero attached hydrogens (tertiary/aromatic N) is 4. The lowest BCUT2D eigenvalue weighted by Crippen LogP contribution is -2.31. The molecule has 0 amide bonds. The van der Waals surface area contributed by atoms with Crippen LogP contribution < -0.4 is 11.1 Å². The van der Waals surface area contributed by atoms with Gasteiger partial charge in [0.25, 0.3) is 0 Å². The van der Waals surface area contributed by atoms with Crippen LogP contribution in [0.5, 0.6) is 0 Å². The molecule has 17 heavy (non-hydrogen) atoms. The van der Waals surface area contributed by atoms with Gasteiger partial charge in [0.05, 0.1) is 0 Å². The Morgan fingerprint density at radius 2 is 2.41 bits per heavy atom. The maximum Gasteiger partial charge on any atom is 0.189 e. The molecular weight excluding hydrogens is 216 g/mol. The molecule has 6 heteroatoms. The molecule has 0 unspecified atom stereocenters. The van der Waals surface area contributed by atoms with Gasteiger partial charge in [-0.25, -0.2) is 4.99 Å². The molecule has 2 aromatic rings. The lowest BCUT2D eigenvalue weighted by atomic mass is 10.4. The first kappa shape index (κ1) is 11.1. The Bertz CT molecular complexity index is 542. The van der Waals surface area contributed by atoms with Crippen LogP contribution in [0.3, 0.4) is 0 Å². The Labute approximate surface area is 98.9 Å². The number of fused-ring (bicyclic) bond motifs is 1. The van der Waals surface area contributed by atoms with Crippen LogP contribution in [0.25, 0.3) is 5.65 Å². The van der Waals surface area contributed by atoms with E-state index in [2.05, 4.69) is 27.1 Å². The van der Waals surface area contributed by atoms with Gasteiger partial charge < -0.3 is 11.1 Å². The maximum atomic E-state index is 5.65. The van der Waals surface area contributed by atoms with Crippen molar-refractivity contribution in [2.24, 2.45) is 10.7 Å². The van der Waals surface area contributed by atoms with E-state index >= 15 is 0 Å². The van der Waals surface area contributed by atoms with Crippen molar-refractivity contribution < 1.29 is 0 Å². The predicted molar refractivity (Wildman–Crippen MR) is 66.5 cm³/mol. The van der Waals surface area contributed by atoms with E-state index in [-0.39, 0.29) is 0 Å². The molecule has 0 saturated heterocycles. The van der Waals surface area contributed by atoms with Crippen LogP contribution in [0.2, 0.25) is 0 Å². The highest BCUT2D eigenvalue weighted by molar-refractivity contribution is 5.77. The van der Waals surface area contributed by atoms with Crippen LogP contribution >= 0.6 is 0 Å². The molecule has 0 fully saturated rings. The summed E-state index contributed by atoms with van der Waals surface area (Å²) in [4.78, 5) is 4.17. The van der Waals surface area contributed by atoms with E-state index in [0.29, 0.717) is 19.0 Å². The van der Waals surface area contributed by atoms with E-state index in [4.69, 9.17) is 5.73 Å². The number of aromatic nitrogens is 3. The summed E-state index contributed by atoms with van der Waals surface area (Å²) in [6.45, 7) is 4.57. The molecule has 0 bridgehead atoms. The third-order valence-corrected chi connectivity index (χ3v) is 2.20. The van der Waals surface area contributed by atoms with E-state index < -0.39 is 0 Å². The Morgan fingerprint density at radius 3 is 3.24 bits per heavy atom. The Kier molecular flexibility index (Phi) is 3.34. The van der Waals surface area contributed by atoms with E-state index in [0.717, 1.165) is 11.5 Å². The van der Waals surface area contributed by atoms with Crippen LogP contribution in [-0.2, 0) is 6.54 Å². The summed E-state index contributed by atoms with van der Waals surface area (Å²) < 4.78 is 1.88. The average molecular weight is 230 g/mol. The van der Waals surface area contributed by atoms with Crippen LogP contribution in [0, 0.1) is 0 Å². The van der Waals surface area contributed by atoms with Crippen molar-refractivity contribution in [2.75, 3.05) is 6.54 Å². The fraction of sp³-hybridized carbons (Fsp3) is 0.182. The molecule has 2 rings (SSSR count). The molecule has 2 aromatic heterocycles. The van der Waals surface area contributed by atoms with E-state index in [1.54, 1.807) is 6.08 Å². The van der Waals surface area contributed by atoms with Crippen molar-refractivity contribution in [3.63, 3.8) is 0 Å². The number of pyridine rings is 1. The summed E-state index contributed by atoms with van der Waals surface area (Å²) in [6.07, 6.45) is 3.61. The van der Waals surface area contributed by atoms with Gasteiger partial charge in [-0.3, -0.25) is 4.40 Å². The Hall–Kier alpha value is -2.37. The molecular formula is C11H14N6. The minimum atomic E-state index is 0.373. The van der Waals surface area contributed by atoms with Crippen molar-refractivity contribution in [3.8, 4) is 0 Å². The van der Waals surface area contributed by atoms with Gasteiger partial charge in [0.1, 0.15) is 6.54 Å². The van der Waals surface area contributed by atoms with Gasteiger partial charge in [-0.05, 0) is 12.1 Å². The number of guanidine groups is 1. The lowest BCUT2D eigenvalue weighted by Gasteiger charge is -2.01. The van der Waals surface area contributed by atoms with Gasteiger partial charge in [0.2, 0.25) is 0 Å². The van der Waals surface area contributed by atoms with E-state index in [1.807, 2.05) is 28.8 Å². The first-order chi connectivity index (χ1) is 8.31. The fourth-order valence-electron chi connectivity index (χ4n) is 1.39. The molecule has 0 aromatic carbocycles. The zero-order valence-electron chi connectivity index (χ0n) is 9.37. The summed E-state index contributed by atoms with van der Waals surface area (Å²) >= 11 is 0. The molecule has 88 valence electrons. The molecule has 0 aliphatic heterocycles. The van der Waals surface area contributed by atoms with Gasteiger partial charge in [-0.2, -0.15) is 0 Å². The molecule has 3 N–H and O–H groups in total. The number of hydrogen-bond acceptors (Lipinski definition) is 3. The van der Waals surface area contributed by atoms with Gasteiger partial charge >= 0.3 is 0 Å². The highest BCUT2D eigenvalue weighted by Gasteiger charge is 2.02. The Balaban J connectivity index is 2.11. The zero-order chi connectivity index (χ0) is 12.1. The van der Waals surface area contributed by atoms with Crippen LogP contribution in [0.4, 0.5) is 0 Å². The largest absolute Gasteiger partial charge is 0.370 e. The van der Waals surface area contributed by atoms with E-state index in [1.165, 1.54) is 0 Å². The van der Waals surface area contributed by atoms with E-state index in [9.17, 15) is 0 Å². The smallest absolute Gasteiger partial charge is 0.189 e. The minimum absolute atomic E-state index is 0.373. The summed E-state index contributed by atoms with van der Waals surface area (Å²) in [6, 6.07) is 5.72. The van der Waals surface area contributed by atoms with Crippen molar-refractivity contribution in [1.29, 1.82) is 0 Å². The van der Waals surface area contributed by atoms with Crippen molar-refractivity contribution >= 4 is 11.6 Å².